The number of benzene rings is 7. The largest absolute Gasteiger partial charge is 0.436 e. The summed E-state index contributed by atoms with van der Waals surface area (Å²) < 4.78 is 11.6. The maximum absolute atomic E-state index is 6.60. The van der Waals surface area contributed by atoms with Gasteiger partial charge in [-0.15, -0.1) is 22.7 Å². The van der Waals surface area contributed by atoms with E-state index in [0.717, 1.165) is 39.1 Å². The topological polar surface area (TPSA) is 29.3 Å². The molecule has 3 aromatic heterocycles. The zero-order chi connectivity index (χ0) is 31.6. The van der Waals surface area contributed by atoms with E-state index in [2.05, 4.69) is 144 Å². The quantitative estimate of drug-likeness (QED) is 0.186. The SMILES string of the molecule is c1ccc(-c2ccc(N(c3ccc4c(c3)sc3ccccc34)c3cc4oc(-c5ccccc5)nc4c4c3sc3ccccc34)cc2)cc1. The summed E-state index contributed by atoms with van der Waals surface area (Å²) in [5, 5.41) is 4.90. The van der Waals surface area contributed by atoms with Crippen LogP contribution in [0.4, 0.5) is 17.1 Å². The molecule has 5 heteroatoms. The molecule has 0 aliphatic carbocycles. The Hall–Kier alpha value is -5.75. The molecule has 0 N–H and O–H groups in total. The van der Waals surface area contributed by atoms with Gasteiger partial charge in [-0.25, -0.2) is 4.98 Å². The van der Waals surface area contributed by atoms with Crippen LogP contribution in [-0.2, 0) is 0 Å². The highest BCUT2D eigenvalue weighted by Gasteiger charge is 2.24. The van der Waals surface area contributed by atoms with Crippen LogP contribution in [0.1, 0.15) is 0 Å². The smallest absolute Gasteiger partial charge is 0.227 e. The minimum absolute atomic E-state index is 0.629. The average Bonchev–Trinajstić information content (AvgIpc) is 3.86. The Morgan fingerprint density at radius 3 is 1.85 bits per heavy atom. The third-order valence-electron chi connectivity index (χ3n) is 9.10. The minimum atomic E-state index is 0.629. The third kappa shape index (κ3) is 4.36. The highest BCUT2D eigenvalue weighted by Crippen LogP contribution is 2.49. The van der Waals surface area contributed by atoms with Crippen molar-refractivity contribution in [3.8, 4) is 22.6 Å². The first-order valence-electron chi connectivity index (χ1n) is 16.0. The molecule has 3 heterocycles. The summed E-state index contributed by atoms with van der Waals surface area (Å²) in [6.45, 7) is 0. The van der Waals surface area contributed by atoms with Gasteiger partial charge in [0.15, 0.2) is 5.58 Å². The van der Waals surface area contributed by atoms with Crippen molar-refractivity contribution in [2.45, 2.75) is 0 Å². The number of rotatable bonds is 5. The Morgan fingerprint density at radius 2 is 1.08 bits per heavy atom. The molecule has 0 aliphatic heterocycles. The first-order chi connectivity index (χ1) is 23.8. The first-order valence-corrected chi connectivity index (χ1v) is 17.6. The molecule has 0 saturated carbocycles. The second kappa shape index (κ2) is 10.9. The van der Waals surface area contributed by atoms with Crippen molar-refractivity contribution in [2.75, 3.05) is 4.90 Å². The second-order valence-corrected chi connectivity index (χ2v) is 14.1. The fourth-order valence-corrected chi connectivity index (χ4v) is 9.19. The molecule has 48 heavy (non-hydrogen) atoms. The van der Waals surface area contributed by atoms with E-state index >= 15 is 0 Å². The molecule has 3 nitrogen and oxygen atoms in total. The Balaban J connectivity index is 1.25. The lowest BCUT2D eigenvalue weighted by Gasteiger charge is -2.26. The van der Waals surface area contributed by atoms with Gasteiger partial charge < -0.3 is 9.32 Å². The highest BCUT2D eigenvalue weighted by atomic mass is 32.1. The number of aromatic nitrogens is 1. The van der Waals surface area contributed by atoms with Crippen molar-refractivity contribution in [1.29, 1.82) is 0 Å². The van der Waals surface area contributed by atoms with Crippen molar-refractivity contribution >= 4 is 91.2 Å². The van der Waals surface area contributed by atoms with Crippen LogP contribution in [0.15, 0.2) is 162 Å². The molecule has 0 radical (unpaired) electrons. The Morgan fingerprint density at radius 1 is 0.479 bits per heavy atom. The molecule has 10 aromatic rings. The van der Waals surface area contributed by atoms with E-state index < -0.39 is 0 Å². The number of fused-ring (bicyclic) bond motifs is 8. The predicted octanol–water partition coefficient (Wildman–Crippen LogP) is 13.4. The van der Waals surface area contributed by atoms with Crippen LogP contribution < -0.4 is 4.90 Å². The van der Waals surface area contributed by atoms with Crippen molar-refractivity contribution in [3.05, 3.63) is 158 Å². The maximum atomic E-state index is 6.60. The summed E-state index contributed by atoms with van der Waals surface area (Å²) >= 11 is 3.65. The van der Waals surface area contributed by atoms with Gasteiger partial charge in [-0.05, 0) is 59.7 Å². The van der Waals surface area contributed by atoms with Crippen LogP contribution in [0.2, 0.25) is 0 Å². The normalized spacial score (nSPS) is 11.8. The van der Waals surface area contributed by atoms with Gasteiger partial charge in [0.05, 0.1) is 10.4 Å². The zero-order valence-corrected chi connectivity index (χ0v) is 27.3. The number of anilines is 3. The molecule has 0 bridgehead atoms. The summed E-state index contributed by atoms with van der Waals surface area (Å²) in [6.07, 6.45) is 0. The lowest BCUT2D eigenvalue weighted by atomic mass is 10.0. The summed E-state index contributed by atoms with van der Waals surface area (Å²) in [6, 6.07) is 56.0. The fourth-order valence-electron chi connectivity index (χ4n) is 6.84. The molecule has 0 spiro atoms. The van der Waals surface area contributed by atoms with Crippen LogP contribution in [0, 0.1) is 0 Å². The average molecular weight is 651 g/mol. The van der Waals surface area contributed by atoms with E-state index in [1.807, 2.05) is 40.9 Å². The van der Waals surface area contributed by atoms with Gasteiger partial charge in [-0.2, -0.15) is 0 Å². The minimum Gasteiger partial charge on any atom is -0.436 e. The van der Waals surface area contributed by atoms with Gasteiger partial charge in [0.1, 0.15) is 5.52 Å². The molecule has 0 unspecified atom stereocenters. The van der Waals surface area contributed by atoms with Gasteiger partial charge in [0, 0.05) is 58.6 Å². The van der Waals surface area contributed by atoms with Crippen molar-refractivity contribution in [3.63, 3.8) is 0 Å². The summed E-state index contributed by atoms with van der Waals surface area (Å²) in [5.74, 6) is 0.629. The molecule has 0 aliphatic rings. The lowest BCUT2D eigenvalue weighted by Crippen LogP contribution is -2.10. The lowest BCUT2D eigenvalue weighted by molar-refractivity contribution is 0.620. The highest BCUT2D eigenvalue weighted by molar-refractivity contribution is 7.26. The summed E-state index contributed by atoms with van der Waals surface area (Å²) in [7, 11) is 0. The molecule has 0 atom stereocenters. The van der Waals surface area contributed by atoms with E-state index in [-0.39, 0.29) is 0 Å². The van der Waals surface area contributed by atoms with Gasteiger partial charge >= 0.3 is 0 Å². The molecule has 0 fully saturated rings. The van der Waals surface area contributed by atoms with Crippen molar-refractivity contribution in [2.24, 2.45) is 0 Å². The molecule has 0 amide bonds. The summed E-state index contributed by atoms with van der Waals surface area (Å²) in [5.41, 5.74) is 8.26. The number of thiophene rings is 2. The van der Waals surface area contributed by atoms with Crippen LogP contribution in [-0.4, -0.2) is 4.98 Å². The fraction of sp³-hybridized carbons (Fsp3) is 0. The molecule has 7 aromatic carbocycles. The van der Waals surface area contributed by atoms with Crippen LogP contribution in [0.25, 0.3) is 74.0 Å². The van der Waals surface area contributed by atoms with E-state index in [9.17, 15) is 0 Å². The van der Waals surface area contributed by atoms with Gasteiger partial charge in [-0.1, -0.05) is 103 Å². The van der Waals surface area contributed by atoms with Crippen LogP contribution in [0.5, 0.6) is 0 Å². The zero-order valence-electron chi connectivity index (χ0n) is 25.6. The monoisotopic (exact) mass is 650 g/mol. The van der Waals surface area contributed by atoms with Gasteiger partial charge in [0.2, 0.25) is 5.89 Å². The summed E-state index contributed by atoms with van der Waals surface area (Å²) in [4.78, 5) is 7.50. The molecular formula is C43H26N2OS2. The number of nitrogens with zero attached hydrogens (tertiary/aromatic N) is 2. The van der Waals surface area contributed by atoms with Crippen molar-refractivity contribution in [1.82, 2.24) is 4.98 Å². The second-order valence-electron chi connectivity index (χ2n) is 12.0. The maximum Gasteiger partial charge on any atom is 0.227 e. The van der Waals surface area contributed by atoms with Crippen LogP contribution in [0.3, 0.4) is 0 Å². The number of oxazole rings is 1. The van der Waals surface area contributed by atoms with E-state index in [0.29, 0.717) is 5.89 Å². The van der Waals surface area contributed by atoms with E-state index in [1.165, 1.54) is 46.1 Å². The van der Waals surface area contributed by atoms with E-state index in [4.69, 9.17) is 9.40 Å². The van der Waals surface area contributed by atoms with E-state index in [1.54, 1.807) is 0 Å². The predicted molar refractivity (Wildman–Crippen MR) is 205 cm³/mol. The van der Waals surface area contributed by atoms with Crippen molar-refractivity contribution < 1.29 is 4.42 Å². The first kappa shape index (κ1) is 27.4. The molecule has 10 rings (SSSR count). The Bertz CT molecular complexity index is 2780. The number of hydrogen-bond acceptors (Lipinski definition) is 5. The standard InChI is InChI=1S/C43H26N2OS2/c1-3-11-27(12-4-1)28-19-21-30(22-20-28)45(31-23-24-33-32-15-7-9-17-37(32)47-39(33)25-31)35-26-36-41(44-43(46-36)29-13-5-2-6-14-29)40-34-16-8-10-18-38(34)48-42(35)40/h1-26H. The van der Waals surface area contributed by atoms with Gasteiger partial charge in [0.25, 0.3) is 0 Å². The van der Waals surface area contributed by atoms with Crippen LogP contribution >= 0.6 is 22.7 Å². The molecule has 0 saturated heterocycles. The Kier molecular flexibility index (Phi) is 6.22. The van der Waals surface area contributed by atoms with Gasteiger partial charge in [-0.3, -0.25) is 0 Å². The molecule has 226 valence electrons. The third-order valence-corrected chi connectivity index (χ3v) is 11.4. The number of hydrogen-bond donors (Lipinski definition) is 0. The molecular weight excluding hydrogens is 625 g/mol. The Labute approximate surface area is 284 Å².